The molecule has 0 radical (unpaired) electrons. The zero-order chi connectivity index (χ0) is 18.5. The summed E-state index contributed by atoms with van der Waals surface area (Å²) in [6.07, 6.45) is 1.63. The van der Waals surface area contributed by atoms with Gasteiger partial charge in [-0.15, -0.1) is 0 Å². The van der Waals surface area contributed by atoms with Gasteiger partial charge in [-0.25, -0.2) is 14.5 Å². The van der Waals surface area contributed by atoms with Gasteiger partial charge in [0.15, 0.2) is 0 Å². The number of nitrogens with zero attached hydrogens (tertiary/aromatic N) is 1. The molecule has 0 aliphatic carbocycles. The smallest absolute Gasteiger partial charge is 0.417 e. The Bertz CT molecular complexity index is 476. The third kappa shape index (κ3) is 7.19. The quantitative estimate of drug-likeness (QED) is 0.612. The van der Waals surface area contributed by atoms with Crippen LogP contribution in [0, 0.1) is 0 Å². The van der Waals surface area contributed by atoms with Gasteiger partial charge in [-0.2, -0.15) is 0 Å². The zero-order valence-electron chi connectivity index (χ0n) is 15.6. The van der Waals surface area contributed by atoms with Gasteiger partial charge < -0.3 is 14.8 Å². The number of alkyl carbamates (subject to hydrolysis) is 1. The van der Waals surface area contributed by atoms with Gasteiger partial charge in [-0.05, 0) is 60.8 Å². The highest BCUT2D eigenvalue weighted by molar-refractivity contribution is 5.97. The molecule has 1 saturated heterocycles. The van der Waals surface area contributed by atoms with Crippen LogP contribution < -0.4 is 5.32 Å². The van der Waals surface area contributed by atoms with Crippen molar-refractivity contribution in [2.75, 3.05) is 6.54 Å². The van der Waals surface area contributed by atoms with Crippen LogP contribution in [0.25, 0.3) is 0 Å². The van der Waals surface area contributed by atoms with E-state index in [1.54, 1.807) is 20.8 Å². The van der Waals surface area contributed by atoms with E-state index in [4.69, 9.17) is 9.47 Å². The highest BCUT2D eigenvalue weighted by atomic mass is 16.6. The number of hydrogen-bond acceptors (Lipinski definition) is 5. The van der Waals surface area contributed by atoms with E-state index < -0.39 is 23.4 Å². The van der Waals surface area contributed by atoms with Crippen molar-refractivity contribution >= 4 is 18.1 Å². The Labute approximate surface area is 144 Å². The van der Waals surface area contributed by atoms with Gasteiger partial charge in [0.1, 0.15) is 11.2 Å². The lowest BCUT2D eigenvalue weighted by Gasteiger charge is -2.39. The van der Waals surface area contributed by atoms with E-state index in [1.807, 2.05) is 20.8 Å². The van der Waals surface area contributed by atoms with Crippen molar-refractivity contribution in [2.24, 2.45) is 0 Å². The van der Waals surface area contributed by atoms with Crippen molar-refractivity contribution in [1.82, 2.24) is 10.2 Å². The maximum absolute atomic E-state index is 12.0. The van der Waals surface area contributed by atoms with E-state index in [1.165, 1.54) is 4.90 Å². The average Bonchev–Trinajstić information content (AvgIpc) is 2.31. The first-order chi connectivity index (χ1) is 10.9. The average molecular weight is 342 g/mol. The number of rotatable bonds is 5. The second kappa shape index (κ2) is 7.85. The van der Waals surface area contributed by atoms with Crippen LogP contribution in [-0.4, -0.2) is 46.8 Å². The lowest BCUT2D eigenvalue weighted by Crippen LogP contribution is -2.56. The van der Waals surface area contributed by atoms with Gasteiger partial charge in [0.2, 0.25) is 5.91 Å². The maximum Gasteiger partial charge on any atom is 0.417 e. The largest absolute Gasteiger partial charge is 0.444 e. The molecule has 0 spiro atoms. The van der Waals surface area contributed by atoms with Crippen LogP contribution in [-0.2, 0) is 14.3 Å². The molecule has 7 nitrogen and oxygen atoms in total. The molecule has 0 aromatic heterocycles. The summed E-state index contributed by atoms with van der Waals surface area (Å²) in [7, 11) is 0. The van der Waals surface area contributed by atoms with Gasteiger partial charge >= 0.3 is 12.2 Å². The fourth-order valence-corrected chi connectivity index (χ4v) is 2.29. The van der Waals surface area contributed by atoms with Crippen molar-refractivity contribution in [3.8, 4) is 0 Å². The van der Waals surface area contributed by atoms with Crippen molar-refractivity contribution < 1.29 is 23.9 Å². The first-order valence-electron chi connectivity index (χ1n) is 8.41. The van der Waals surface area contributed by atoms with Crippen LogP contribution in [0.5, 0.6) is 0 Å². The van der Waals surface area contributed by atoms with E-state index in [2.05, 4.69) is 5.32 Å². The number of nitrogens with one attached hydrogen (secondary N) is 1. The summed E-state index contributed by atoms with van der Waals surface area (Å²) in [5, 5.41) is 2.69. The molecular weight excluding hydrogens is 312 g/mol. The SMILES string of the molecule is CC(C)(C)OC(=O)NCCCC[C@H]1CC(=O)N1C(=O)OC(C)(C)C. The lowest BCUT2D eigenvalue weighted by molar-refractivity contribution is -0.144. The second-order valence-corrected chi connectivity index (χ2v) is 8.03. The fraction of sp³-hybridized carbons (Fsp3) is 0.824. The Balaban J connectivity index is 2.24. The molecule has 7 heteroatoms. The Morgan fingerprint density at radius 1 is 1.08 bits per heavy atom. The van der Waals surface area contributed by atoms with Crippen molar-refractivity contribution in [3.63, 3.8) is 0 Å². The highest BCUT2D eigenvalue weighted by Crippen LogP contribution is 2.26. The second-order valence-electron chi connectivity index (χ2n) is 8.03. The zero-order valence-corrected chi connectivity index (χ0v) is 15.6. The van der Waals surface area contributed by atoms with Gasteiger partial charge in [0.05, 0.1) is 6.04 Å². The third-order valence-corrected chi connectivity index (χ3v) is 3.27. The number of hydrogen-bond donors (Lipinski definition) is 1. The normalized spacial score (nSPS) is 18.0. The molecule has 0 aromatic carbocycles. The summed E-state index contributed by atoms with van der Waals surface area (Å²) in [4.78, 5) is 36.3. The molecule has 1 aliphatic heterocycles. The van der Waals surface area contributed by atoms with E-state index >= 15 is 0 Å². The minimum Gasteiger partial charge on any atom is -0.444 e. The minimum absolute atomic E-state index is 0.103. The van der Waals surface area contributed by atoms with Gasteiger partial charge in [-0.3, -0.25) is 4.79 Å². The van der Waals surface area contributed by atoms with Crippen LogP contribution in [0.1, 0.15) is 67.2 Å². The van der Waals surface area contributed by atoms with Crippen molar-refractivity contribution in [1.29, 1.82) is 0 Å². The molecule has 138 valence electrons. The van der Waals surface area contributed by atoms with Crippen molar-refractivity contribution in [3.05, 3.63) is 0 Å². The van der Waals surface area contributed by atoms with Gasteiger partial charge in [-0.1, -0.05) is 0 Å². The molecule has 0 saturated carbocycles. The van der Waals surface area contributed by atoms with Crippen LogP contribution in [0.15, 0.2) is 0 Å². The molecular formula is C17H30N2O5. The number of β-lactam (4-membered cyclic amide) rings is 1. The van der Waals surface area contributed by atoms with Crippen LogP contribution in [0.3, 0.4) is 0 Å². The molecule has 1 atom stereocenters. The Hall–Kier alpha value is -1.79. The summed E-state index contributed by atoms with van der Waals surface area (Å²) in [5.41, 5.74) is -1.13. The summed E-state index contributed by atoms with van der Waals surface area (Å²) in [6, 6.07) is -0.103. The number of amides is 3. The predicted molar refractivity (Wildman–Crippen MR) is 89.6 cm³/mol. The lowest BCUT2D eigenvalue weighted by atomic mass is 9.97. The van der Waals surface area contributed by atoms with E-state index in [0.717, 1.165) is 12.8 Å². The molecule has 3 amide bonds. The Morgan fingerprint density at radius 2 is 1.67 bits per heavy atom. The molecule has 0 unspecified atom stereocenters. The number of ether oxygens (including phenoxy) is 2. The molecule has 1 rings (SSSR count). The summed E-state index contributed by atoms with van der Waals surface area (Å²) in [6.45, 7) is 11.2. The third-order valence-electron chi connectivity index (χ3n) is 3.27. The number of likely N-dealkylation sites (tertiary alicyclic amines) is 1. The molecule has 1 heterocycles. The first-order valence-corrected chi connectivity index (χ1v) is 8.41. The molecule has 24 heavy (non-hydrogen) atoms. The van der Waals surface area contributed by atoms with Crippen LogP contribution in [0.2, 0.25) is 0 Å². The highest BCUT2D eigenvalue weighted by Gasteiger charge is 2.42. The summed E-state index contributed by atoms with van der Waals surface area (Å²) < 4.78 is 10.4. The standard InChI is InChI=1S/C17H30N2O5/c1-16(2,3)23-14(21)18-10-8-7-9-12-11-13(20)19(12)15(22)24-17(4,5)6/h12H,7-11H2,1-6H3,(H,18,21)/t12-/m0/s1. The fourth-order valence-electron chi connectivity index (χ4n) is 2.29. The summed E-state index contributed by atoms with van der Waals surface area (Å²) >= 11 is 0. The van der Waals surface area contributed by atoms with E-state index in [9.17, 15) is 14.4 Å². The predicted octanol–water partition coefficient (Wildman–Crippen LogP) is 3.22. The van der Waals surface area contributed by atoms with Crippen LogP contribution >= 0.6 is 0 Å². The van der Waals surface area contributed by atoms with E-state index in [0.29, 0.717) is 19.4 Å². The van der Waals surface area contributed by atoms with Crippen LogP contribution in [0.4, 0.5) is 9.59 Å². The van der Waals surface area contributed by atoms with Gasteiger partial charge in [0.25, 0.3) is 0 Å². The topological polar surface area (TPSA) is 84.9 Å². The summed E-state index contributed by atoms with van der Waals surface area (Å²) in [5.74, 6) is -0.193. The molecule has 0 bridgehead atoms. The maximum atomic E-state index is 12.0. The molecule has 1 fully saturated rings. The number of unbranched alkanes of at least 4 members (excludes halogenated alkanes) is 1. The molecule has 0 aromatic rings. The molecule has 1 N–H and O–H groups in total. The number of carbonyl (C=O) groups excluding carboxylic acids is 3. The number of imide groups is 1. The van der Waals surface area contributed by atoms with Gasteiger partial charge in [0, 0.05) is 13.0 Å². The molecule has 1 aliphatic rings. The van der Waals surface area contributed by atoms with E-state index in [-0.39, 0.29) is 11.9 Å². The number of carbonyl (C=O) groups is 3. The Kier molecular flexibility index (Phi) is 6.63. The van der Waals surface area contributed by atoms with Crippen molar-refractivity contribution in [2.45, 2.75) is 84.5 Å². The Morgan fingerprint density at radius 3 is 2.17 bits per heavy atom. The minimum atomic E-state index is -0.616. The monoisotopic (exact) mass is 342 g/mol. The first kappa shape index (κ1) is 20.3.